The van der Waals surface area contributed by atoms with E-state index in [4.69, 9.17) is 9.84 Å². The molecule has 0 bridgehead atoms. The third-order valence-electron chi connectivity index (χ3n) is 6.21. The average Bonchev–Trinajstić information content (AvgIpc) is 2.78. The molecule has 2 N–H and O–H groups in total. The van der Waals surface area contributed by atoms with Gasteiger partial charge in [0.2, 0.25) is 0 Å². The molecule has 33 heavy (non-hydrogen) atoms. The van der Waals surface area contributed by atoms with E-state index in [0.717, 1.165) is 36.1 Å². The first-order valence-electron chi connectivity index (χ1n) is 11.6. The smallest absolute Gasteiger partial charge is 0.303 e. The van der Waals surface area contributed by atoms with Crippen LogP contribution >= 0.6 is 0 Å². The molecular weight excluding hydrogens is 421 g/mol. The van der Waals surface area contributed by atoms with E-state index < -0.39 is 12.1 Å². The second kappa shape index (κ2) is 12.1. The summed E-state index contributed by atoms with van der Waals surface area (Å²) in [6, 6.07) is 13.6. The van der Waals surface area contributed by atoms with Crippen LogP contribution in [0.25, 0.3) is 6.08 Å². The number of aliphatic carboxylic acids is 1. The fourth-order valence-corrected chi connectivity index (χ4v) is 4.12. The highest BCUT2D eigenvalue weighted by Crippen LogP contribution is 2.25. The van der Waals surface area contributed by atoms with Crippen molar-refractivity contribution in [2.45, 2.75) is 57.8 Å². The van der Waals surface area contributed by atoms with Crippen LogP contribution in [0.3, 0.4) is 0 Å². The third kappa shape index (κ3) is 7.49. The van der Waals surface area contributed by atoms with Crippen molar-refractivity contribution < 1.29 is 24.1 Å². The van der Waals surface area contributed by atoms with Crippen LogP contribution in [-0.2, 0) is 16.0 Å². The maximum atomic E-state index is 13.8. The summed E-state index contributed by atoms with van der Waals surface area (Å²) in [5.41, 5.74) is 3.63. The number of carboxylic acids is 1. The SMILES string of the molecule is Cc1ccc(C[C@@H]2CCN2C[C@H](O)CO[C@H](C)c2ccccc2/C=C/CCC(=O)O)cc1F. The molecule has 0 aliphatic carbocycles. The van der Waals surface area contributed by atoms with Crippen LogP contribution in [0.1, 0.15) is 54.5 Å². The van der Waals surface area contributed by atoms with Gasteiger partial charge in [-0.15, -0.1) is 0 Å². The number of aliphatic hydroxyl groups is 1. The van der Waals surface area contributed by atoms with Crippen molar-refractivity contribution >= 4 is 12.0 Å². The molecule has 0 spiro atoms. The Kier molecular flexibility index (Phi) is 9.18. The first-order valence-corrected chi connectivity index (χ1v) is 11.6. The molecule has 0 saturated carbocycles. The van der Waals surface area contributed by atoms with Gasteiger partial charge in [0.05, 0.1) is 18.8 Å². The summed E-state index contributed by atoms with van der Waals surface area (Å²) >= 11 is 0. The number of aryl methyl sites for hydroxylation is 1. The number of carboxylic acid groups (broad SMARTS) is 1. The summed E-state index contributed by atoms with van der Waals surface area (Å²) < 4.78 is 19.8. The molecule has 2 aromatic carbocycles. The third-order valence-corrected chi connectivity index (χ3v) is 6.21. The summed E-state index contributed by atoms with van der Waals surface area (Å²) in [6.45, 7) is 5.40. The van der Waals surface area contributed by atoms with E-state index >= 15 is 0 Å². The Morgan fingerprint density at radius 3 is 2.79 bits per heavy atom. The average molecular weight is 456 g/mol. The lowest BCUT2D eigenvalue weighted by molar-refractivity contribution is -0.136. The van der Waals surface area contributed by atoms with E-state index in [1.165, 1.54) is 0 Å². The molecule has 1 aliphatic heterocycles. The van der Waals surface area contributed by atoms with Crippen molar-refractivity contribution in [1.82, 2.24) is 4.90 Å². The Hall–Kier alpha value is -2.54. The Labute approximate surface area is 195 Å². The van der Waals surface area contributed by atoms with E-state index in [9.17, 15) is 14.3 Å². The number of nitrogens with zero attached hydrogens (tertiary/aromatic N) is 1. The van der Waals surface area contributed by atoms with E-state index in [1.807, 2.05) is 55.5 Å². The highest BCUT2D eigenvalue weighted by Gasteiger charge is 2.29. The van der Waals surface area contributed by atoms with Gasteiger partial charge < -0.3 is 14.9 Å². The van der Waals surface area contributed by atoms with Crippen LogP contribution in [0.4, 0.5) is 4.39 Å². The molecule has 5 nitrogen and oxygen atoms in total. The predicted molar refractivity (Wildman–Crippen MR) is 128 cm³/mol. The first kappa shape index (κ1) is 25.1. The van der Waals surface area contributed by atoms with E-state index in [2.05, 4.69) is 4.90 Å². The molecular formula is C27H34FNO4. The molecule has 0 aromatic heterocycles. The maximum Gasteiger partial charge on any atom is 0.303 e. The molecule has 1 heterocycles. The van der Waals surface area contributed by atoms with Crippen LogP contribution in [0.5, 0.6) is 0 Å². The van der Waals surface area contributed by atoms with Crippen LogP contribution < -0.4 is 0 Å². The van der Waals surface area contributed by atoms with Crippen molar-refractivity contribution in [1.29, 1.82) is 0 Å². The number of rotatable bonds is 12. The number of allylic oxidation sites excluding steroid dienone is 1. The fourth-order valence-electron chi connectivity index (χ4n) is 4.12. The van der Waals surface area contributed by atoms with Crippen LogP contribution in [-0.4, -0.2) is 52.9 Å². The van der Waals surface area contributed by atoms with Gasteiger partial charge in [-0.2, -0.15) is 0 Å². The van der Waals surface area contributed by atoms with E-state index in [0.29, 0.717) is 24.6 Å². The summed E-state index contributed by atoms with van der Waals surface area (Å²) in [6.07, 6.45) is 5.37. The van der Waals surface area contributed by atoms with Crippen molar-refractivity contribution in [2.75, 3.05) is 19.7 Å². The zero-order valence-corrected chi connectivity index (χ0v) is 19.4. The Morgan fingerprint density at radius 2 is 2.09 bits per heavy atom. The highest BCUT2D eigenvalue weighted by atomic mass is 19.1. The van der Waals surface area contributed by atoms with Gasteiger partial charge in [-0.25, -0.2) is 4.39 Å². The van der Waals surface area contributed by atoms with Gasteiger partial charge in [0.25, 0.3) is 0 Å². The number of hydrogen-bond donors (Lipinski definition) is 2. The topological polar surface area (TPSA) is 70.0 Å². The normalized spacial score (nSPS) is 18.2. The maximum absolute atomic E-state index is 13.8. The van der Waals surface area contributed by atoms with Gasteiger partial charge in [-0.1, -0.05) is 48.6 Å². The molecule has 178 valence electrons. The van der Waals surface area contributed by atoms with Crippen LogP contribution in [0.2, 0.25) is 0 Å². The monoisotopic (exact) mass is 455 g/mol. The predicted octanol–water partition coefficient (Wildman–Crippen LogP) is 4.77. The second-order valence-electron chi connectivity index (χ2n) is 8.82. The summed E-state index contributed by atoms with van der Waals surface area (Å²) in [5, 5.41) is 19.3. The van der Waals surface area contributed by atoms with Crippen molar-refractivity contribution in [3.63, 3.8) is 0 Å². The minimum absolute atomic E-state index is 0.104. The summed E-state index contributed by atoms with van der Waals surface area (Å²) in [7, 11) is 0. The molecule has 6 heteroatoms. The zero-order valence-electron chi connectivity index (χ0n) is 19.4. The number of carbonyl (C=O) groups is 1. The van der Waals surface area contributed by atoms with E-state index in [1.54, 1.807) is 13.0 Å². The number of ether oxygens (including phenoxy) is 1. The molecule has 3 atom stereocenters. The first-order chi connectivity index (χ1) is 15.8. The fraction of sp³-hybridized carbons (Fsp3) is 0.444. The van der Waals surface area contributed by atoms with Crippen LogP contribution in [0, 0.1) is 12.7 Å². The number of hydrogen-bond acceptors (Lipinski definition) is 4. The zero-order chi connectivity index (χ0) is 23.8. The molecule has 1 saturated heterocycles. The van der Waals surface area contributed by atoms with Crippen molar-refractivity contribution in [2.24, 2.45) is 0 Å². The van der Waals surface area contributed by atoms with Gasteiger partial charge in [0.1, 0.15) is 5.82 Å². The summed E-state index contributed by atoms with van der Waals surface area (Å²) in [5.74, 6) is -0.980. The lowest BCUT2D eigenvalue weighted by Crippen LogP contribution is -2.52. The molecule has 1 fully saturated rings. The largest absolute Gasteiger partial charge is 0.481 e. The number of aliphatic hydroxyl groups excluding tert-OH is 1. The van der Waals surface area contributed by atoms with Gasteiger partial charge in [-0.3, -0.25) is 9.69 Å². The van der Waals surface area contributed by atoms with Gasteiger partial charge in [-0.05, 0) is 61.4 Å². The van der Waals surface area contributed by atoms with Crippen molar-refractivity contribution in [3.05, 3.63) is 76.6 Å². The number of likely N-dealkylation sites (tertiary alicyclic amines) is 1. The molecule has 1 aliphatic rings. The Bertz CT molecular complexity index is 961. The van der Waals surface area contributed by atoms with Crippen molar-refractivity contribution in [3.8, 4) is 0 Å². The standard InChI is InChI=1S/C27H34FNO4/c1-19-11-12-21(16-26(19)28)15-23-13-14-29(23)17-24(30)18-33-20(2)25-9-5-3-7-22(25)8-4-6-10-27(31)32/h3-5,7-9,11-12,16,20,23-24,30H,6,10,13-15,17-18H2,1-2H3,(H,31,32)/b8-4+/t20-,23+,24+/m1/s1. The van der Waals surface area contributed by atoms with E-state index in [-0.39, 0.29) is 24.9 Å². The molecule has 0 unspecified atom stereocenters. The summed E-state index contributed by atoms with van der Waals surface area (Å²) in [4.78, 5) is 12.9. The molecule has 3 rings (SSSR count). The van der Waals surface area contributed by atoms with Crippen LogP contribution in [0.15, 0.2) is 48.5 Å². The molecule has 2 aromatic rings. The number of benzene rings is 2. The van der Waals surface area contributed by atoms with Gasteiger partial charge in [0.15, 0.2) is 0 Å². The minimum atomic E-state index is -0.811. The molecule has 0 amide bonds. The Balaban J connectivity index is 1.47. The minimum Gasteiger partial charge on any atom is -0.481 e. The lowest BCUT2D eigenvalue weighted by Gasteiger charge is -2.42. The lowest BCUT2D eigenvalue weighted by atomic mass is 9.94. The number of halogens is 1. The number of β-amino-alcohol motifs (C(OH)–C–C–N with tert-alkyl or cyclic N) is 1. The second-order valence-corrected chi connectivity index (χ2v) is 8.82. The molecule has 0 radical (unpaired) electrons. The van der Waals surface area contributed by atoms with Gasteiger partial charge in [0, 0.05) is 25.6 Å². The van der Waals surface area contributed by atoms with Gasteiger partial charge >= 0.3 is 5.97 Å². The Morgan fingerprint density at radius 1 is 1.30 bits per heavy atom. The highest BCUT2D eigenvalue weighted by molar-refractivity contribution is 5.67. The quantitative estimate of drug-likeness (QED) is 0.483.